The summed E-state index contributed by atoms with van der Waals surface area (Å²) in [4.78, 5) is 25.9. The highest BCUT2D eigenvalue weighted by Crippen LogP contribution is 2.30. The second-order valence-electron chi connectivity index (χ2n) is 10.7. The van der Waals surface area contributed by atoms with Gasteiger partial charge < -0.3 is 34.5 Å². The van der Waals surface area contributed by atoms with E-state index in [0.29, 0.717) is 62.1 Å². The molecule has 5 rings (SSSR count). The molecular weight excluding hydrogens is 596 g/mol. The number of anilines is 3. The van der Waals surface area contributed by atoms with Crippen LogP contribution in [-0.4, -0.2) is 66.5 Å². The Labute approximate surface area is 275 Å². The molecule has 0 aliphatic heterocycles. The van der Waals surface area contributed by atoms with Crippen LogP contribution in [0.4, 0.5) is 17.5 Å². The lowest BCUT2D eigenvalue weighted by Crippen LogP contribution is -2.25. The van der Waals surface area contributed by atoms with Gasteiger partial charge in [-0.15, -0.1) is 0 Å². The molecule has 0 fully saturated rings. The van der Waals surface area contributed by atoms with Gasteiger partial charge in [-0.05, 0) is 60.0 Å². The van der Waals surface area contributed by atoms with Gasteiger partial charge in [0.15, 0.2) is 5.82 Å². The Morgan fingerprint density at radius 2 is 1.38 bits per heavy atom. The van der Waals surface area contributed by atoms with Crippen molar-refractivity contribution >= 4 is 17.5 Å². The lowest BCUT2D eigenvalue weighted by atomic mass is 10.1. The molecule has 0 amide bonds. The zero-order valence-corrected chi connectivity index (χ0v) is 27.4. The van der Waals surface area contributed by atoms with Crippen molar-refractivity contribution in [3.63, 3.8) is 0 Å². The smallest absolute Gasteiger partial charge is 0.229 e. The fraction of sp³-hybridized carbons (Fsp3) is 0.286. The van der Waals surface area contributed by atoms with Crippen LogP contribution in [0.5, 0.6) is 17.4 Å². The topological polar surface area (TPSA) is 129 Å². The van der Waals surface area contributed by atoms with Crippen LogP contribution in [0.25, 0.3) is 11.4 Å². The van der Waals surface area contributed by atoms with Gasteiger partial charge in [-0.1, -0.05) is 24.3 Å². The van der Waals surface area contributed by atoms with Gasteiger partial charge in [-0.25, -0.2) is 15.0 Å². The second-order valence-corrected chi connectivity index (χ2v) is 10.7. The first-order chi connectivity index (χ1) is 23.0. The second kappa shape index (κ2) is 16.3. The first kappa shape index (κ1) is 33.0. The van der Waals surface area contributed by atoms with E-state index < -0.39 is 0 Å². The molecule has 47 heavy (non-hydrogen) atoms. The summed E-state index contributed by atoms with van der Waals surface area (Å²) >= 11 is 0. The molecular formula is C35H40N8O4. The van der Waals surface area contributed by atoms with Crippen molar-refractivity contribution < 1.29 is 18.9 Å². The number of pyridine rings is 2. The van der Waals surface area contributed by atoms with Gasteiger partial charge in [-0.2, -0.15) is 9.97 Å². The summed E-state index contributed by atoms with van der Waals surface area (Å²) in [6.45, 7) is 4.92. The summed E-state index contributed by atoms with van der Waals surface area (Å²) in [6.07, 6.45) is 3.53. The lowest BCUT2D eigenvalue weighted by Gasteiger charge is -2.24. The van der Waals surface area contributed by atoms with Gasteiger partial charge in [0.05, 0.1) is 45.4 Å². The van der Waals surface area contributed by atoms with Crippen molar-refractivity contribution in [2.24, 2.45) is 0 Å². The molecule has 0 saturated carbocycles. The SMILES string of the molecule is COCCNCc1cnc(Nc2ccc(OC)nc2)c(-c2nc(C)nc(N(Cc3ccc(OC)cc3)Cc3ccc(OC)cc3)n2)c1. The molecule has 0 radical (unpaired) electrons. The number of nitrogens with zero attached hydrogens (tertiary/aromatic N) is 6. The molecule has 0 unspecified atom stereocenters. The quantitative estimate of drug-likeness (QED) is 0.136. The number of benzene rings is 2. The van der Waals surface area contributed by atoms with E-state index in [0.717, 1.165) is 39.4 Å². The zero-order chi connectivity index (χ0) is 33.0. The Morgan fingerprint density at radius 3 is 1.96 bits per heavy atom. The van der Waals surface area contributed by atoms with E-state index in [1.807, 2.05) is 73.8 Å². The molecule has 2 aromatic carbocycles. The van der Waals surface area contributed by atoms with Crippen molar-refractivity contribution in [3.05, 3.63) is 102 Å². The summed E-state index contributed by atoms with van der Waals surface area (Å²) in [5, 5.41) is 6.77. The normalized spacial score (nSPS) is 10.8. The number of rotatable bonds is 16. The molecule has 0 aliphatic carbocycles. The predicted molar refractivity (Wildman–Crippen MR) is 181 cm³/mol. The van der Waals surface area contributed by atoms with Crippen LogP contribution in [0.15, 0.2) is 79.1 Å². The molecule has 2 N–H and O–H groups in total. The minimum Gasteiger partial charge on any atom is -0.497 e. The maximum Gasteiger partial charge on any atom is 0.229 e. The number of aryl methyl sites for hydroxylation is 1. The monoisotopic (exact) mass is 636 g/mol. The van der Waals surface area contributed by atoms with E-state index in [2.05, 4.69) is 20.5 Å². The lowest BCUT2D eigenvalue weighted by molar-refractivity contribution is 0.199. The van der Waals surface area contributed by atoms with E-state index in [9.17, 15) is 0 Å². The largest absolute Gasteiger partial charge is 0.497 e. The Hall–Kier alpha value is -5.33. The molecule has 0 atom stereocenters. The number of hydrogen-bond donors (Lipinski definition) is 2. The minimum atomic E-state index is 0.497. The maximum atomic E-state index is 5.38. The summed E-state index contributed by atoms with van der Waals surface area (Å²) in [6, 6.07) is 21.7. The van der Waals surface area contributed by atoms with Crippen molar-refractivity contribution in [2.75, 3.05) is 51.8 Å². The molecule has 5 aromatic rings. The Balaban J connectivity index is 1.53. The highest BCUT2D eigenvalue weighted by atomic mass is 16.5. The Bertz CT molecular complexity index is 1670. The highest BCUT2D eigenvalue weighted by molar-refractivity contribution is 5.75. The third kappa shape index (κ3) is 9.12. The minimum absolute atomic E-state index is 0.497. The molecule has 244 valence electrons. The molecule has 12 nitrogen and oxygen atoms in total. The average Bonchev–Trinajstić information content (AvgIpc) is 3.11. The van der Waals surface area contributed by atoms with E-state index >= 15 is 0 Å². The Morgan fingerprint density at radius 1 is 0.702 bits per heavy atom. The molecule has 0 spiro atoms. The molecule has 0 bridgehead atoms. The summed E-state index contributed by atoms with van der Waals surface area (Å²) in [7, 11) is 6.59. The maximum absolute atomic E-state index is 5.38. The zero-order valence-electron chi connectivity index (χ0n) is 27.4. The molecule has 12 heteroatoms. The van der Waals surface area contributed by atoms with E-state index in [1.165, 1.54) is 0 Å². The van der Waals surface area contributed by atoms with E-state index in [4.69, 9.17) is 38.9 Å². The summed E-state index contributed by atoms with van der Waals surface area (Å²) < 4.78 is 21.2. The fourth-order valence-corrected chi connectivity index (χ4v) is 4.82. The first-order valence-corrected chi connectivity index (χ1v) is 15.2. The standard InChI is InChI=1S/C35H40N8O4/c1-24-39-34(31-18-27(19-36-16-17-44-2)20-38-33(31)41-28-10-15-32(47-5)37-21-28)42-35(40-24)43(22-25-6-11-29(45-3)12-7-25)23-26-8-13-30(46-4)14-9-26/h6-15,18,20-21,36H,16-17,19,22-23H2,1-5H3,(H,38,41). The van der Waals surface area contributed by atoms with Gasteiger partial charge in [0, 0.05) is 45.6 Å². The van der Waals surface area contributed by atoms with Gasteiger partial charge in [-0.3, -0.25) is 0 Å². The third-order valence-corrected chi connectivity index (χ3v) is 7.29. The van der Waals surface area contributed by atoms with Gasteiger partial charge in [0.2, 0.25) is 11.8 Å². The van der Waals surface area contributed by atoms with Crippen molar-refractivity contribution in [1.82, 2.24) is 30.2 Å². The van der Waals surface area contributed by atoms with E-state index in [1.54, 1.807) is 40.7 Å². The van der Waals surface area contributed by atoms with Gasteiger partial charge >= 0.3 is 0 Å². The van der Waals surface area contributed by atoms with Crippen LogP contribution < -0.4 is 29.7 Å². The van der Waals surface area contributed by atoms with Crippen LogP contribution in [-0.2, 0) is 24.4 Å². The van der Waals surface area contributed by atoms with Crippen molar-refractivity contribution in [1.29, 1.82) is 0 Å². The van der Waals surface area contributed by atoms with Gasteiger partial charge in [0.1, 0.15) is 23.1 Å². The highest BCUT2D eigenvalue weighted by Gasteiger charge is 2.19. The molecule has 0 saturated heterocycles. The van der Waals surface area contributed by atoms with Crippen LogP contribution in [0.1, 0.15) is 22.5 Å². The third-order valence-electron chi connectivity index (χ3n) is 7.29. The van der Waals surface area contributed by atoms with Crippen LogP contribution in [0.2, 0.25) is 0 Å². The molecule has 3 heterocycles. The fourth-order valence-electron chi connectivity index (χ4n) is 4.82. The van der Waals surface area contributed by atoms with Crippen LogP contribution in [0.3, 0.4) is 0 Å². The van der Waals surface area contributed by atoms with Crippen LogP contribution >= 0.6 is 0 Å². The van der Waals surface area contributed by atoms with E-state index in [-0.39, 0.29) is 0 Å². The first-order valence-electron chi connectivity index (χ1n) is 15.2. The van der Waals surface area contributed by atoms with Gasteiger partial charge in [0.25, 0.3) is 0 Å². The summed E-state index contributed by atoms with van der Waals surface area (Å²) in [5.41, 5.74) is 4.62. The Kier molecular flexibility index (Phi) is 11.5. The molecule has 0 aliphatic rings. The number of methoxy groups -OCH3 is 4. The molecule has 3 aromatic heterocycles. The predicted octanol–water partition coefficient (Wildman–Crippen LogP) is 5.35. The number of hydrogen-bond acceptors (Lipinski definition) is 12. The average molecular weight is 637 g/mol. The van der Waals surface area contributed by atoms with Crippen molar-refractivity contribution in [2.45, 2.75) is 26.6 Å². The van der Waals surface area contributed by atoms with Crippen molar-refractivity contribution in [3.8, 4) is 28.8 Å². The number of aromatic nitrogens is 5. The summed E-state index contributed by atoms with van der Waals surface area (Å²) in [5.74, 6) is 4.32. The number of ether oxygens (including phenoxy) is 4. The number of nitrogens with one attached hydrogen (secondary N) is 2. The van der Waals surface area contributed by atoms with Crippen LogP contribution in [0, 0.1) is 6.92 Å².